The second-order valence-corrected chi connectivity index (χ2v) is 5.84. The lowest BCUT2D eigenvalue weighted by Crippen LogP contribution is -2.12. The summed E-state index contributed by atoms with van der Waals surface area (Å²) in [7, 11) is 0. The fourth-order valence-corrected chi connectivity index (χ4v) is 3.05. The van der Waals surface area contributed by atoms with Gasteiger partial charge in [-0.05, 0) is 45.1 Å². The van der Waals surface area contributed by atoms with Crippen molar-refractivity contribution in [2.45, 2.75) is 19.3 Å². The number of hydrogen-bond acceptors (Lipinski definition) is 2. The molecule has 1 aromatic carbocycles. The van der Waals surface area contributed by atoms with Crippen molar-refractivity contribution in [3.05, 3.63) is 56.2 Å². The minimum atomic E-state index is -4.27. The molecule has 102 valence electrons. The summed E-state index contributed by atoms with van der Waals surface area (Å²) in [6.45, 7) is 1.24. The molecule has 0 saturated carbocycles. The third kappa shape index (κ3) is 4.06. The van der Waals surface area contributed by atoms with Gasteiger partial charge in [-0.3, -0.25) is 0 Å². The van der Waals surface area contributed by atoms with Gasteiger partial charge >= 0.3 is 6.18 Å². The zero-order valence-corrected chi connectivity index (χ0v) is 12.2. The monoisotopic (exact) mass is 349 g/mol. The van der Waals surface area contributed by atoms with E-state index in [2.05, 4.69) is 21.2 Å². The topological polar surface area (TPSA) is 12.0 Å². The summed E-state index contributed by atoms with van der Waals surface area (Å²) < 4.78 is 38.2. The second kappa shape index (κ2) is 6.07. The molecule has 0 unspecified atom stereocenters. The molecule has 0 atom stereocenters. The van der Waals surface area contributed by atoms with Gasteiger partial charge in [0.1, 0.15) is 0 Å². The molecule has 1 nitrogen and oxygen atoms in total. The van der Waals surface area contributed by atoms with Crippen LogP contribution in [0.15, 0.2) is 40.2 Å². The van der Waals surface area contributed by atoms with Crippen molar-refractivity contribution in [2.24, 2.45) is 0 Å². The summed E-state index contributed by atoms with van der Waals surface area (Å²) in [4.78, 5) is 1.17. The Balaban J connectivity index is 1.89. The summed E-state index contributed by atoms with van der Waals surface area (Å²) in [5.41, 5.74) is 0.220. The molecule has 2 rings (SSSR count). The van der Waals surface area contributed by atoms with Crippen LogP contribution in [-0.4, -0.2) is 0 Å². The molecule has 0 aliphatic rings. The molecule has 2 aromatic rings. The van der Waals surface area contributed by atoms with Gasteiger partial charge in [0.15, 0.2) is 0 Å². The van der Waals surface area contributed by atoms with E-state index in [4.69, 9.17) is 0 Å². The summed E-state index contributed by atoms with van der Waals surface area (Å²) in [5, 5.41) is 5.19. The molecule has 1 heterocycles. The van der Waals surface area contributed by atoms with E-state index in [9.17, 15) is 13.2 Å². The van der Waals surface area contributed by atoms with Gasteiger partial charge in [0.05, 0.1) is 5.56 Å². The second-order valence-electron chi connectivity index (χ2n) is 3.99. The minimum Gasteiger partial charge on any atom is -0.308 e. The van der Waals surface area contributed by atoms with Crippen LogP contribution >= 0.6 is 27.3 Å². The van der Waals surface area contributed by atoms with Crippen LogP contribution in [-0.2, 0) is 19.3 Å². The van der Waals surface area contributed by atoms with E-state index in [1.54, 1.807) is 11.3 Å². The number of rotatable bonds is 4. The molecule has 0 saturated heterocycles. The summed E-state index contributed by atoms with van der Waals surface area (Å²) in [6, 6.07) is 7.19. The molecule has 6 heteroatoms. The fraction of sp³-hybridized carbons (Fsp3) is 0.231. The lowest BCUT2D eigenvalue weighted by atomic mass is 10.1. The van der Waals surface area contributed by atoms with Crippen molar-refractivity contribution in [3.63, 3.8) is 0 Å². The Morgan fingerprint density at radius 3 is 2.26 bits per heavy atom. The zero-order chi connectivity index (χ0) is 13.9. The highest BCUT2D eigenvalue weighted by atomic mass is 79.9. The van der Waals surface area contributed by atoms with Gasteiger partial charge in [-0.25, -0.2) is 0 Å². The van der Waals surface area contributed by atoms with Crippen molar-refractivity contribution in [1.29, 1.82) is 0 Å². The van der Waals surface area contributed by atoms with Gasteiger partial charge in [0.2, 0.25) is 0 Å². The summed E-state index contributed by atoms with van der Waals surface area (Å²) >= 11 is 5.06. The average Bonchev–Trinajstić information content (AvgIpc) is 2.75. The Bertz CT molecular complexity index is 534. The SMILES string of the molecule is FC(F)(F)c1ccc(CNCc2sccc2Br)cc1. The van der Waals surface area contributed by atoms with Gasteiger partial charge in [-0.1, -0.05) is 12.1 Å². The van der Waals surface area contributed by atoms with Crippen molar-refractivity contribution < 1.29 is 13.2 Å². The van der Waals surface area contributed by atoms with Crippen LogP contribution in [0.1, 0.15) is 16.0 Å². The highest BCUT2D eigenvalue weighted by Gasteiger charge is 2.29. The van der Waals surface area contributed by atoms with Gasteiger partial charge in [-0.15, -0.1) is 11.3 Å². The molecule has 1 aromatic heterocycles. The zero-order valence-electron chi connectivity index (χ0n) is 9.80. The van der Waals surface area contributed by atoms with Crippen LogP contribution in [0.5, 0.6) is 0 Å². The van der Waals surface area contributed by atoms with E-state index in [0.717, 1.165) is 22.2 Å². The standard InChI is InChI=1S/C13H11BrF3NS/c14-11-5-6-19-12(11)8-18-7-9-1-3-10(4-2-9)13(15,16)17/h1-6,18H,7-8H2. The Labute approximate surface area is 121 Å². The molecule has 0 aliphatic heterocycles. The predicted molar refractivity (Wildman–Crippen MR) is 74.0 cm³/mol. The normalized spacial score (nSPS) is 11.8. The number of benzene rings is 1. The number of alkyl halides is 3. The third-order valence-corrected chi connectivity index (χ3v) is 4.51. The van der Waals surface area contributed by atoms with Gasteiger partial charge in [0, 0.05) is 22.4 Å². The predicted octanol–water partition coefficient (Wildman–Crippen LogP) is 4.82. The number of nitrogens with one attached hydrogen (secondary N) is 1. The third-order valence-electron chi connectivity index (χ3n) is 2.59. The Kier molecular flexibility index (Phi) is 4.65. The number of hydrogen-bond donors (Lipinski definition) is 1. The first-order chi connectivity index (χ1) is 8.97. The average molecular weight is 350 g/mol. The Hall–Kier alpha value is -0.850. The maximum absolute atomic E-state index is 12.4. The molecule has 0 aliphatic carbocycles. The first kappa shape index (κ1) is 14.6. The summed E-state index contributed by atoms with van der Waals surface area (Å²) in [6.07, 6.45) is -4.27. The van der Waals surface area contributed by atoms with E-state index in [-0.39, 0.29) is 0 Å². The Morgan fingerprint density at radius 1 is 1.05 bits per heavy atom. The maximum atomic E-state index is 12.4. The van der Waals surface area contributed by atoms with Crippen LogP contribution in [0.3, 0.4) is 0 Å². The Morgan fingerprint density at radius 2 is 1.74 bits per heavy atom. The molecular weight excluding hydrogens is 339 g/mol. The van der Waals surface area contributed by atoms with E-state index < -0.39 is 11.7 Å². The first-order valence-electron chi connectivity index (χ1n) is 5.55. The van der Waals surface area contributed by atoms with Crippen molar-refractivity contribution in [2.75, 3.05) is 0 Å². The first-order valence-corrected chi connectivity index (χ1v) is 7.23. The van der Waals surface area contributed by atoms with Crippen LogP contribution in [0.4, 0.5) is 13.2 Å². The fourth-order valence-electron chi connectivity index (χ4n) is 1.58. The van der Waals surface area contributed by atoms with Gasteiger partial charge in [-0.2, -0.15) is 13.2 Å². The van der Waals surface area contributed by atoms with Crippen molar-refractivity contribution >= 4 is 27.3 Å². The maximum Gasteiger partial charge on any atom is 0.416 e. The highest BCUT2D eigenvalue weighted by molar-refractivity contribution is 9.10. The quantitative estimate of drug-likeness (QED) is 0.834. The van der Waals surface area contributed by atoms with Crippen LogP contribution in [0.2, 0.25) is 0 Å². The van der Waals surface area contributed by atoms with E-state index >= 15 is 0 Å². The minimum absolute atomic E-state index is 0.544. The summed E-state index contributed by atoms with van der Waals surface area (Å²) in [5.74, 6) is 0. The van der Waals surface area contributed by atoms with Crippen molar-refractivity contribution in [1.82, 2.24) is 5.32 Å². The van der Waals surface area contributed by atoms with Crippen LogP contribution < -0.4 is 5.32 Å². The van der Waals surface area contributed by atoms with Crippen LogP contribution in [0, 0.1) is 0 Å². The van der Waals surface area contributed by atoms with E-state index in [1.165, 1.54) is 17.0 Å². The molecule has 0 radical (unpaired) electrons. The molecule has 0 spiro atoms. The lowest BCUT2D eigenvalue weighted by Gasteiger charge is -2.08. The van der Waals surface area contributed by atoms with Crippen LogP contribution in [0.25, 0.3) is 0 Å². The van der Waals surface area contributed by atoms with E-state index in [1.807, 2.05) is 11.4 Å². The lowest BCUT2D eigenvalue weighted by molar-refractivity contribution is -0.137. The largest absolute Gasteiger partial charge is 0.416 e. The molecule has 0 bridgehead atoms. The van der Waals surface area contributed by atoms with E-state index in [0.29, 0.717) is 13.1 Å². The molecule has 0 fully saturated rings. The molecular formula is C13H11BrF3NS. The molecule has 19 heavy (non-hydrogen) atoms. The molecule has 0 amide bonds. The van der Waals surface area contributed by atoms with Gasteiger partial charge in [0.25, 0.3) is 0 Å². The van der Waals surface area contributed by atoms with Crippen molar-refractivity contribution in [3.8, 4) is 0 Å². The number of halogens is 4. The smallest absolute Gasteiger partial charge is 0.308 e. The molecule has 1 N–H and O–H groups in total. The number of thiophene rings is 1. The van der Waals surface area contributed by atoms with Gasteiger partial charge < -0.3 is 5.32 Å². The highest BCUT2D eigenvalue weighted by Crippen LogP contribution is 2.29.